The normalized spacial score (nSPS) is 19.0. The summed E-state index contributed by atoms with van der Waals surface area (Å²) in [6, 6.07) is 2.03. The van der Waals surface area contributed by atoms with Gasteiger partial charge < -0.3 is 5.73 Å². The Morgan fingerprint density at radius 3 is 2.56 bits per heavy atom. The second kappa shape index (κ2) is 3.58. The number of nitrogens with zero attached hydrogens (tertiary/aromatic N) is 1. The molecule has 0 aliphatic carbocycles. The maximum Gasteiger partial charge on any atom is 0.235 e. The van der Waals surface area contributed by atoms with E-state index in [-0.39, 0.29) is 23.7 Å². The molecule has 7 heteroatoms. The first-order chi connectivity index (χ1) is 7.43. The van der Waals surface area contributed by atoms with Crippen molar-refractivity contribution in [3.8, 4) is 0 Å². The Balaban J connectivity index is 2.61. The maximum absolute atomic E-state index is 13.5. The van der Waals surface area contributed by atoms with Crippen LogP contribution in [0.15, 0.2) is 12.1 Å². The number of sulfonamides is 1. The van der Waals surface area contributed by atoms with E-state index in [4.69, 9.17) is 5.73 Å². The monoisotopic (exact) mass is 248 g/mol. The van der Waals surface area contributed by atoms with Gasteiger partial charge in [0.25, 0.3) is 0 Å². The molecule has 1 aliphatic heterocycles. The van der Waals surface area contributed by atoms with Crippen molar-refractivity contribution in [3.63, 3.8) is 0 Å². The highest BCUT2D eigenvalue weighted by Gasteiger charge is 2.32. The molecule has 1 aromatic carbocycles. The summed E-state index contributed by atoms with van der Waals surface area (Å²) < 4.78 is 50.5. The zero-order chi connectivity index (χ0) is 11.9. The first kappa shape index (κ1) is 11.1. The van der Waals surface area contributed by atoms with Gasteiger partial charge in [-0.15, -0.1) is 0 Å². The molecule has 1 aromatic rings. The summed E-state index contributed by atoms with van der Waals surface area (Å²) in [5.41, 5.74) is 5.02. The van der Waals surface area contributed by atoms with Crippen molar-refractivity contribution in [1.29, 1.82) is 0 Å². The third-order valence-corrected chi connectivity index (χ3v) is 4.29. The zero-order valence-electron chi connectivity index (χ0n) is 8.28. The molecule has 1 fully saturated rings. The molecule has 1 aliphatic rings. The zero-order valence-corrected chi connectivity index (χ0v) is 9.10. The Hall–Kier alpha value is -1.37. The van der Waals surface area contributed by atoms with Gasteiger partial charge in [0.2, 0.25) is 10.0 Å². The van der Waals surface area contributed by atoms with Crippen LogP contribution in [0.3, 0.4) is 0 Å². The van der Waals surface area contributed by atoms with Crippen LogP contribution >= 0.6 is 0 Å². The molecule has 0 radical (unpaired) electrons. The predicted octanol–water partition coefficient (Wildman–Crippen LogP) is 1.09. The molecular formula is C9H10F2N2O2S. The number of anilines is 2. The summed E-state index contributed by atoms with van der Waals surface area (Å²) in [5, 5.41) is 0. The number of hydrogen-bond acceptors (Lipinski definition) is 3. The Labute approximate surface area is 91.7 Å². The van der Waals surface area contributed by atoms with Crippen molar-refractivity contribution >= 4 is 21.4 Å². The minimum absolute atomic E-state index is 0.0671. The summed E-state index contributed by atoms with van der Waals surface area (Å²) in [5.74, 6) is -2.39. The third-order valence-electron chi connectivity index (χ3n) is 2.45. The van der Waals surface area contributed by atoms with Crippen LogP contribution in [0.4, 0.5) is 20.2 Å². The summed E-state index contributed by atoms with van der Waals surface area (Å²) in [6.07, 6.45) is 0.387. The number of rotatable bonds is 1. The Morgan fingerprint density at radius 2 is 2.00 bits per heavy atom. The quantitative estimate of drug-likeness (QED) is 0.756. The van der Waals surface area contributed by atoms with Gasteiger partial charge in [0, 0.05) is 6.54 Å². The molecule has 0 spiro atoms. The highest BCUT2D eigenvalue weighted by atomic mass is 32.2. The van der Waals surface area contributed by atoms with Crippen LogP contribution in [-0.2, 0) is 10.0 Å². The molecule has 0 bridgehead atoms. The topological polar surface area (TPSA) is 63.4 Å². The van der Waals surface area contributed by atoms with E-state index in [2.05, 4.69) is 0 Å². The Morgan fingerprint density at radius 1 is 1.31 bits per heavy atom. The van der Waals surface area contributed by atoms with E-state index in [1.54, 1.807) is 0 Å². The molecule has 0 saturated carbocycles. The molecular weight excluding hydrogens is 238 g/mol. The van der Waals surface area contributed by atoms with Crippen molar-refractivity contribution in [2.75, 3.05) is 22.3 Å². The van der Waals surface area contributed by atoms with Crippen LogP contribution in [0.1, 0.15) is 6.42 Å². The van der Waals surface area contributed by atoms with Crippen LogP contribution < -0.4 is 10.0 Å². The minimum Gasteiger partial charge on any atom is -0.397 e. The van der Waals surface area contributed by atoms with Crippen LogP contribution in [0.5, 0.6) is 0 Å². The molecule has 1 heterocycles. The van der Waals surface area contributed by atoms with Gasteiger partial charge in [-0.25, -0.2) is 17.2 Å². The fourth-order valence-electron chi connectivity index (χ4n) is 1.70. The number of nitrogen functional groups attached to an aromatic ring is 1. The molecule has 2 N–H and O–H groups in total. The smallest absolute Gasteiger partial charge is 0.235 e. The van der Waals surface area contributed by atoms with Crippen LogP contribution in [-0.4, -0.2) is 20.7 Å². The van der Waals surface area contributed by atoms with Gasteiger partial charge in [-0.3, -0.25) is 4.31 Å². The number of halogens is 2. The largest absolute Gasteiger partial charge is 0.397 e. The fraction of sp³-hybridized carbons (Fsp3) is 0.333. The van der Waals surface area contributed by atoms with E-state index in [9.17, 15) is 17.2 Å². The predicted molar refractivity (Wildman–Crippen MR) is 56.5 cm³/mol. The average Bonchev–Trinajstić information content (AvgIpc) is 2.54. The highest BCUT2D eigenvalue weighted by Crippen LogP contribution is 2.33. The summed E-state index contributed by atoms with van der Waals surface area (Å²) in [4.78, 5) is 0. The standard InChI is InChI=1S/C9H10F2N2O2S/c10-6-2-3-7(12)9(8(6)11)13-4-1-5-16(13,14)15/h2-3H,1,4-5,12H2. The summed E-state index contributed by atoms with van der Waals surface area (Å²) >= 11 is 0. The number of benzene rings is 1. The van der Waals surface area contributed by atoms with E-state index in [1.807, 2.05) is 0 Å². The molecule has 0 aromatic heterocycles. The lowest BCUT2D eigenvalue weighted by molar-refractivity contribution is 0.509. The SMILES string of the molecule is Nc1ccc(F)c(F)c1N1CCCS1(=O)=O. The van der Waals surface area contributed by atoms with Gasteiger partial charge in [-0.2, -0.15) is 0 Å². The van der Waals surface area contributed by atoms with Crippen molar-refractivity contribution in [2.24, 2.45) is 0 Å². The maximum atomic E-state index is 13.5. The average molecular weight is 248 g/mol. The lowest BCUT2D eigenvalue weighted by atomic mass is 10.2. The van der Waals surface area contributed by atoms with E-state index in [0.717, 1.165) is 16.4 Å². The van der Waals surface area contributed by atoms with E-state index in [0.29, 0.717) is 6.42 Å². The molecule has 2 rings (SSSR count). The Bertz CT molecular complexity index is 531. The summed E-state index contributed by atoms with van der Waals surface area (Å²) in [6.45, 7) is 0.132. The highest BCUT2D eigenvalue weighted by molar-refractivity contribution is 7.93. The van der Waals surface area contributed by atoms with Gasteiger partial charge in [-0.05, 0) is 18.6 Å². The van der Waals surface area contributed by atoms with Crippen molar-refractivity contribution in [2.45, 2.75) is 6.42 Å². The fourth-order valence-corrected chi connectivity index (χ4v) is 3.28. The van der Waals surface area contributed by atoms with Crippen molar-refractivity contribution < 1.29 is 17.2 Å². The lowest BCUT2D eigenvalue weighted by Gasteiger charge is -2.19. The van der Waals surface area contributed by atoms with E-state index in [1.165, 1.54) is 0 Å². The van der Waals surface area contributed by atoms with E-state index >= 15 is 0 Å². The van der Waals surface area contributed by atoms with Gasteiger partial charge >= 0.3 is 0 Å². The van der Waals surface area contributed by atoms with Gasteiger partial charge in [0.15, 0.2) is 11.6 Å². The van der Waals surface area contributed by atoms with Crippen LogP contribution in [0.25, 0.3) is 0 Å². The third kappa shape index (κ3) is 1.60. The summed E-state index contributed by atoms with van der Waals surface area (Å²) in [7, 11) is -3.56. The molecule has 88 valence electrons. The second-order valence-corrected chi connectivity index (χ2v) is 5.55. The van der Waals surface area contributed by atoms with Crippen LogP contribution in [0.2, 0.25) is 0 Å². The first-order valence-corrected chi connectivity index (χ1v) is 6.28. The minimum atomic E-state index is -3.56. The molecule has 4 nitrogen and oxygen atoms in total. The molecule has 1 saturated heterocycles. The molecule has 0 unspecified atom stereocenters. The molecule has 0 atom stereocenters. The van der Waals surface area contributed by atoms with Gasteiger partial charge in [0.1, 0.15) is 5.69 Å². The van der Waals surface area contributed by atoms with E-state index < -0.39 is 21.7 Å². The lowest BCUT2D eigenvalue weighted by Crippen LogP contribution is -2.27. The number of hydrogen-bond donors (Lipinski definition) is 1. The van der Waals surface area contributed by atoms with Crippen molar-refractivity contribution in [1.82, 2.24) is 0 Å². The van der Waals surface area contributed by atoms with Gasteiger partial charge in [0.05, 0.1) is 11.4 Å². The first-order valence-electron chi connectivity index (χ1n) is 4.67. The van der Waals surface area contributed by atoms with Crippen molar-refractivity contribution in [3.05, 3.63) is 23.8 Å². The molecule has 0 amide bonds. The molecule has 16 heavy (non-hydrogen) atoms. The second-order valence-electron chi connectivity index (χ2n) is 3.54. The van der Waals surface area contributed by atoms with Crippen LogP contribution in [0, 0.1) is 11.6 Å². The Kier molecular flexibility index (Phi) is 2.49. The number of nitrogens with two attached hydrogens (primary N) is 1. The van der Waals surface area contributed by atoms with Gasteiger partial charge in [-0.1, -0.05) is 0 Å².